The lowest BCUT2D eigenvalue weighted by molar-refractivity contribution is 0.0622. The van der Waals surface area contributed by atoms with Crippen molar-refractivity contribution in [2.24, 2.45) is 7.05 Å². The molecule has 5 nitrogen and oxygen atoms in total. The molecular formula is C30H21IN4O. The summed E-state index contributed by atoms with van der Waals surface area (Å²) in [5, 5.41) is 21.4. The number of aryl methyl sites for hydroxylation is 1. The van der Waals surface area contributed by atoms with Crippen LogP contribution >= 0.6 is 22.6 Å². The SMILES string of the molecule is Cn1cncc1C(OCc1ccc(C#N)c(I)c1)c1ccc(C#N)c(-c2cccc3ccccc23)c1. The fraction of sp³-hybridized carbons (Fsp3) is 0.100. The second-order valence-electron chi connectivity index (χ2n) is 8.49. The summed E-state index contributed by atoms with van der Waals surface area (Å²) in [5.74, 6) is 0. The molecule has 5 aromatic rings. The molecule has 174 valence electrons. The van der Waals surface area contributed by atoms with Gasteiger partial charge >= 0.3 is 0 Å². The summed E-state index contributed by atoms with van der Waals surface area (Å²) < 4.78 is 9.33. The lowest BCUT2D eigenvalue weighted by Crippen LogP contribution is -2.11. The lowest BCUT2D eigenvalue weighted by atomic mass is 9.92. The number of rotatable bonds is 6. The summed E-state index contributed by atoms with van der Waals surface area (Å²) in [5.41, 5.74) is 5.96. The number of imidazole rings is 1. The Morgan fingerprint density at radius 2 is 1.69 bits per heavy atom. The van der Waals surface area contributed by atoms with Crippen LogP contribution in [0.25, 0.3) is 21.9 Å². The van der Waals surface area contributed by atoms with Gasteiger partial charge < -0.3 is 9.30 Å². The molecular weight excluding hydrogens is 559 g/mol. The Bertz CT molecular complexity index is 1650. The number of benzene rings is 4. The molecule has 5 rings (SSSR count). The average Bonchev–Trinajstić information content (AvgIpc) is 3.34. The summed E-state index contributed by atoms with van der Waals surface area (Å²) in [6.45, 7) is 0.362. The van der Waals surface area contributed by atoms with Crippen LogP contribution in [0.3, 0.4) is 0 Å². The second kappa shape index (κ2) is 10.3. The fourth-order valence-corrected chi connectivity index (χ4v) is 5.10. The molecule has 1 unspecified atom stereocenters. The molecule has 0 saturated carbocycles. The molecule has 0 aliphatic rings. The van der Waals surface area contributed by atoms with Crippen molar-refractivity contribution in [3.63, 3.8) is 0 Å². The van der Waals surface area contributed by atoms with E-state index in [9.17, 15) is 10.5 Å². The summed E-state index contributed by atoms with van der Waals surface area (Å²) in [7, 11) is 1.94. The number of fused-ring (bicyclic) bond motifs is 1. The molecule has 0 aliphatic heterocycles. The van der Waals surface area contributed by atoms with Crippen molar-refractivity contribution in [2.75, 3.05) is 0 Å². The van der Waals surface area contributed by atoms with Gasteiger partial charge in [0.2, 0.25) is 0 Å². The van der Waals surface area contributed by atoms with Crippen LogP contribution < -0.4 is 0 Å². The number of hydrogen-bond acceptors (Lipinski definition) is 4. The van der Waals surface area contributed by atoms with Crippen molar-refractivity contribution < 1.29 is 4.74 Å². The molecule has 4 aromatic carbocycles. The topological polar surface area (TPSA) is 74.6 Å². The molecule has 0 amide bonds. The van der Waals surface area contributed by atoms with Crippen LogP contribution in [0.4, 0.5) is 0 Å². The summed E-state index contributed by atoms with van der Waals surface area (Å²) >= 11 is 2.17. The summed E-state index contributed by atoms with van der Waals surface area (Å²) in [4.78, 5) is 4.31. The predicted molar refractivity (Wildman–Crippen MR) is 148 cm³/mol. The Morgan fingerprint density at radius 1 is 0.917 bits per heavy atom. The smallest absolute Gasteiger partial charge is 0.124 e. The predicted octanol–water partition coefficient (Wildman–Crippen LogP) is 6.89. The average molecular weight is 580 g/mol. The van der Waals surface area contributed by atoms with Gasteiger partial charge in [0, 0.05) is 16.2 Å². The van der Waals surface area contributed by atoms with Crippen LogP contribution in [0.5, 0.6) is 0 Å². The van der Waals surface area contributed by atoms with Crippen molar-refractivity contribution >= 4 is 33.4 Å². The Kier molecular flexibility index (Phi) is 6.81. The molecule has 0 saturated heterocycles. The summed E-state index contributed by atoms with van der Waals surface area (Å²) in [6.07, 6.45) is 3.17. The molecule has 0 bridgehead atoms. The van der Waals surface area contributed by atoms with Crippen molar-refractivity contribution in [2.45, 2.75) is 12.7 Å². The van der Waals surface area contributed by atoms with Crippen LogP contribution in [0.2, 0.25) is 0 Å². The first kappa shape index (κ1) is 23.7. The molecule has 0 aliphatic carbocycles. The van der Waals surface area contributed by atoms with Crippen molar-refractivity contribution in [3.05, 3.63) is 123 Å². The van der Waals surface area contributed by atoms with Crippen LogP contribution in [0.1, 0.15) is 34.1 Å². The first-order chi connectivity index (χ1) is 17.6. The molecule has 0 fully saturated rings. The van der Waals surface area contributed by atoms with Gasteiger partial charge in [-0.3, -0.25) is 0 Å². The zero-order valence-electron chi connectivity index (χ0n) is 19.5. The molecule has 1 heterocycles. The van der Waals surface area contributed by atoms with E-state index in [0.717, 1.165) is 42.3 Å². The normalized spacial score (nSPS) is 11.7. The monoisotopic (exact) mass is 580 g/mol. The Balaban J connectivity index is 1.58. The molecule has 1 aromatic heterocycles. The maximum absolute atomic E-state index is 9.91. The van der Waals surface area contributed by atoms with E-state index >= 15 is 0 Å². The maximum Gasteiger partial charge on any atom is 0.124 e. The van der Waals surface area contributed by atoms with Gasteiger partial charge in [-0.15, -0.1) is 0 Å². The van der Waals surface area contributed by atoms with Gasteiger partial charge in [0.05, 0.1) is 42.0 Å². The number of ether oxygens (including phenoxy) is 1. The van der Waals surface area contributed by atoms with E-state index in [0.29, 0.717) is 17.7 Å². The zero-order valence-corrected chi connectivity index (χ0v) is 21.7. The fourth-order valence-electron chi connectivity index (χ4n) is 4.40. The van der Waals surface area contributed by atoms with Crippen molar-refractivity contribution in [1.82, 2.24) is 9.55 Å². The van der Waals surface area contributed by atoms with Crippen LogP contribution in [-0.4, -0.2) is 9.55 Å². The van der Waals surface area contributed by atoms with Gasteiger partial charge in [0.25, 0.3) is 0 Å². The van der Waals surface area contributed by atoms with Gasteiger partial charge in [0.15, 0.2) is 0 Å². The first-order valence-corrected chi connectivity index (χ1v) is 12.5. The third-order valence-electron chi connectivity index (χ3n) is 6.24. The first-order valence-electron chi connectivity index (χ1n) is 11.4. The van der Waals surface area contributed by atoms with Gasteiger partial charge in [-0.1, -0.05) is 54.6 Å². The number of aromatic nitrogens is 2. The quantitative estimate of drug-likeness (QED) is 0.205. The molecule has 0 spiro atoms. The lowest BCUT2D eigenvalue weighted by Gasteiger charge is -2.21. The van der Waals surface area contributed by atoms with Gasteiger partial charge in [-0.05, 0) is 74.3 Å². The molecule has 6 heteroatoms. The Hall–Kier alpha value is -3.98. The van der Waals surface area contributed by atoms with Crippen LogP contribution in [-0.2, 0) is 18.4 Å². The van der Waals surface area contributed by atoms with E-state index in [1.807, 2.05) is 66.3 Å². The van der Waals surface area contributed by atoms with Gasteiger partial charge in [-0.2, -0.15) is 10.5 Å². The third-order valence-corrected chi connectivity index (χ3v) is 7.13. The van der Waals surface area contributed by atoms with E-state index in [2.05, 4.69) is 70.0 Å². The summed E-state index contributed by atoms with van der Waals surface area (Å²) in [6, 6.07) is 30.5. The van der Waals surface area contributed by atoms with E-state index in [4.69, 9.17) is 4.74 Å². The highest BCUT2D eigenvalue weighted by Crippen LogP contribution is 2.35. The van der Waals surface area contributed by atoms with Gasteiger partial charge in [0.1, 0.15) is 12.2 Å². The highest BCUT2D eigenvalue weighted by molar-refractivity contribution is 14.1. The largest absolute Gasteiger partial charge is 0.363 e. The highest BCUT2D eigenvalue weighted by Gasteiger charge is 2.21. The van der Waals surface area contributed by atoms with Gasteiger partial charge in [-0.25, -0.2) is 4.98 Å². The van der Waals surface area contributed by atoms with Crippen molar-refractivity contribution in [1.29, 1.82) is 10.5 Å². The molecule has 1 atom stereocenters. The molecule has 0 radical (unpaired) electrons. The Morgan fingerprint density at radius 3 is 2.44 bits per heavy atom. The van der Waals surface area contributed by atoms with Crippen LogP contribution in [0, 0.1) is 26.2 Å². The van der Waals surface area contributed by atoms with E-state index in [1.165, 1.54) is 0 Å². The number of nitrogens with zero attached hydrogens (tertiary/aromatic N) is 4. The number of halogens is 1. The minimum Gasteiger partial charge on any atom is -0.363 e. The van der Waals surface area contributed by atoms with Crippen molar-refractivity contribution in [3.8, 4) is 23.3 Å². The molecule has 0 N–H and O–H groups in total. The second-order valence-corrected chi connectivity index (χ2v) is 9.65. The number of hydrogen-bond donors (Lipinski definition) is 0. The number of nitriles is 2. The molecule has 36 heavy (non-hydrogen) atoms. The van der Waals surface area contributed by atoms with E-state index in [1.54, 1.807) is 6.33 Å². The minimum atomic E-state index is -0.396. The zero-order chi connectivity index (χ0) is 25.1. The standard InChI is InChI=1S/C30H21IN4O/c1-35-19-34-17-29(35)30(36-18-20-9-10-24(16-33)28(31)13-20)22-11-12-23(15-32)27(14-22)26-8-4-6-21-5-2-3-7-25(21)26/h2-14,17,19,30H,18H2,1H3. The van der Waals surface area contributed by atoms with Crippen LogP contribution in [0.15, 0.2) is 91.4 Å². The highest BCUT2D eigenvalue weighted by atomic mass is 127. The third kappa shape index (κ3) is 4.61. The maximum atomic E-state index is 9.91. The Labute approximate surface area is 223 Å². The van der Waals surface area contributed by atoms with E-state index in [-0.39, 0.29) is 0 Å². The van der Waals surface area contributed by atoms with E-state index < -0.39 is 6.10 Å². The minimum absolute atomic E-state index is 0.362.